The van der Waals surface area contributed by atoms with Crippen molar-refractivity contribution in [3.05, 3.63) is 58.3 Å². The predicted octanol–water partition coefficient (Wildman–Crippen LogP) is 4.44. The fraction of sp³-hybridized carbons (Fsp3) is 0.333. The molecule has 0 fully saturated rings. The highest BCUT2D eigenvalue weighted by atomic mass is 35.5. The van der Waals surface area contributed by atoms with E-state index in [0.29, 0.717) is 0 Å². The van der Waals surface area contributed by atoms with Crippen LogP contribution in [0.15, 0.2) is 30.6 Å². The molecule has 26 heavy (non-hydrogen) atoms. The summed E-state index contributed by atoms with van der Waals surface area (Å²) in [7, 11) is 2.19. The van der Waals surface area contributed by atoms with E-state index in [2.05, 4.69) is 51.7 Å². The van der Waals surface area contributed by atoms with Crippen LogP contribution in [0.2, 0.25) is 5.02 Å². The Kier molecular flexibility index (Phi) is 4.55. The van der Waals surface area contributed by atoms with E-state index in [1.165, 1.54) is 22.2 Å². The van der Waals surface area contributed by atoms with E-state index in [1.54, 1.807) is 0 Å². The Morgan fingerprint density at radius 2 is 1.88 bits per heavy atom. The molecule has 3 heterocycles. The molecule has 0 amide bonds. The Bertz CT molecular complexity index is 985. The molecule has 4 nitrogen and oxygen atoms in total. The SMILES string of the molecule is CC(=Cn1c2c(c3cc(Cl)ccc31)CCN(C)CC2)c1cnc(C)nc1. The predicted molar refractivity (Wildman–Crippen MR) is 108 cm³/mol. The minimum Gasteiger partial charge on any atom is -0.320 e. The minimum atomic E-state index is 0.791. The van der Waals surface area contributed by atoms with Crippen molar-refractivity contribution in [1.29, 1.82) is 0 Å². The van der Waals surface area contributed by atoms with Crippen LogP contribution >= 0.6 is 11.6 Å². The molecule has 1 aromatic carbocycles. The molecule has 0 saturated carbocycles. The quantitative estimate of drug-likeness (QED) is 0.672. The monoisotopic (exact) mass is 366 g/mol. The molecule has 0 radical (unpaired) electrons. The van der Waals surface area contributed by atoms with Gasteiger partial charge in [-0.2, -0.15) is 0 Å². The number of nitrogens with zero attached hydrogens (tertiary/aromatic N) is 4. The van der Waals surface area contributed by atoms with Crippen LogP contribution in [0.4, 0.5) is 0 Å². The molecule has 5 heteroatoms. The molecule has 0 N–H and O–H groups in total. The number of halogens is 1. The summed E-state index contributed by atoms with van der Waals surface area (Å²) in [6, 6.07) is 6.21. The number of likely N-dealkylation sites (N-methyl/N-ethyl adjacent to an activating group) is 1. The molecule has 3 aromatic rings. The van der Waals surface area contributed by atoms with Crippen LogP contribution in [0.25, 0.3) is 22.7 Å². The second kappa shape index (κ2) is 6.86. The molecule has 1 aliphatic rings. The maximum Gasteiger partial charge on any atom is 0.125 e. The first-order valence-corrected chi connectivity index (χ1v) is 9.38. The molecule has 0 unspecified atom stereocenters. The van der Waals surface area contributed by atoms with Crippen LogP contribution in [-0.4, -0.2) is 39.6 Å². The van der Waals surface area contributed by atoms with E-state index in [-0.39, 0.29) is 0 Å². The van der Waals surface area contributed by atoms with Gasteiger partial charge in [0.25, 0.3) is 0 Å². The largest absolute Gasteiger partial charge is 0.320 e. The third-order valence-electron chi connectivity index (χ3n) is 5.22. The first-order valence-electron chi connectivity index (χ1n) is 9.00. The Morgan fingerprint density at radius 1 is 1.15 bits per heavy atom. The zero-order chi connectivity index (χ0) is 18.3. The van der Waals surface area contributed by atoms with Crippen LogP contribution in [0.5, 0.6) is 0 Å². The summed E-state index contributed by atoms with van der Waals surface area (Å²) in [6.45, 7) is 6.16. The molecule has 4 rings (SSSR count). The summed E-state index contributed by atoms with van der Waals surface area (Å²) < 4.78 is 2.34. The number of benzene rings is 1. The van der Waals surface area contributed by atoms with E-state index in [1.807, 2.05) is 25.4 Å². The maximum absolute atomic E-state index is 6.30. The van der Waals surface area contributed by atoms with Gasteiger partial charge in [-0.1, -0.05) is 11.6 Å². The molecule has 2 aromatic heterocycles. The van der Waals surface area contributed by atoms with Gasteiger partial charge in [0.05, 0.1) is 5.52 Å². The first kappa shape index (κ1) is 17.3. The van der Waals surface area contributed by atoms with Gasteiger partial charge in [0, 0.05) is 59.8 Å². The zero-order valence-corrected chi connectivity index (χ0v) is 16.2. The first-order chi connectivity index (χ1) is 12.5. The van der Waals surface area contributed by atoms with Gasteiger partial charge in [0.15, 0.2) is 0 Å². The lowest BCUT2D eigenvalue weighted by atomic mass is 10.1. The van der Waals surface area contributed by atoms with Crippen molar-refractivity contribution in [2.75, 3.05) is 20.1 Å². The number of aryl methyl sites for hydroxylation is 1. The third-order valence-corrected chi connectivity index (χ3v) is 5.45. The van der Waals surface area contributed by atoms with Crippen molar-refractivity contribution in [3.63, 3.8) is 0 Å². The number of fused-ring (bicyclic) bond motifs is 3. The molecule has 1 aliphatic heterocycles. The average Bonchev–Trinajstić information content (AvgIpc) is 2.76. The lowest BCUT2D eigenvalue weighted by Gasteiger charge is -2.13. The van der Waals surface area contributed by atoms with Gasteiger partial charge in [0.1, 0.15) is 5.82 Å². The molecule has 0 aliphatic carbocycles. The highest BCUT2D eigenvalue weighted by molar-refractivity contribution is 6.31. The van der Waals surface area contributed by atoms with Gasteiger partial charge < -0.3 is 9.47 Å². The lowest BCUT2D eigenvalue weighted by molar-refractivity contribution is 0.351. The summed E-state index contributed by atoms with van der Waals surface area (Å²) in [5, 5.41) is 2.06. The topological polar surface area (TPSA) is 34.0 Å². The maximum atomic E-state index is 6.30. The second-order valence-corrected chi connectivity index (χ2v) is 7.53. The van der Waals surface area contributed by atoms with Gasteiger partial charge in [-0.25, -0.2) is 9.97 Å². The molecular weight excluding hydrogens is 344 g/mol. The van der Waals surface area contributed by atoms with E-state index in [0.717, 1.165) is 47.9 Å². The van der Waals surface area contributed by atoms with Crippen molar-refractivity contribution in [2.45, 2.75) is 26.7 Å². The van der Waals surface area contributed by atoms with E-state index < -0.39 is 0 Å². The summed E-state index contributed by atoms with van der Waals surface area (Å²) in [5.41, 5.74) is 6.23. The van der Waals surface area contributed by atoms with E-state index in [4.69, 9.17) is 11.6 Å². The minimum absolute atomic E-state index is 0.791. The van der Waals surface area contributed by atoms with Crippen LogP contribution in [0, 0.1) is 6.92 Å². The Balaban J connectivity index is 1.89. The fourth-order valence-electron chi connectivity index (χ4n) is 3.68. The summed E-state index contributed by atoms with van der Waals surface area (Å²) in [5.74, 6) is 0.791. The fourth-order valence-corrected chi connectivity index (χ4v) is 3.85. The number of rotatable bonds is 2. The Morgan fingerprint density at radius 3 is 2.65 bits per heavy atom. The molecule has 0 saturated heterocycles. The number of aromatic nitrogens is 3. The van der Waals surface area contributed by atoms with E-state index in [9.17, 15) is 0 Å². The normalized spacial score (nSPS) is 15.9. The van der Waals surface area contributed by atoms with Crippen molar-refractivity contribution in [2.24, 2.45) is 0 Å². The van der Waals surface area contributed by atoms with Crippen molar-refractivity contribution >= 4 is 34.3 Å². The molecular formula is C21H23ClN4. The lowest BCUT2D eigenvalue weighted by Crippen LogP contribution is -2.21. The summed E-state index contributed by atoms with van der Waals surface area (Å²) >= 11 is 6.30. The highest BCUT2D eigenvalue weighted by Gasteiger charge is 2.20. The summed E-state index contributed by atoms with van der Waals surface area (Å²) in [4.78, 5) is 11.1. The average molecular weight is 367 g/mol. The van der Waals surface area contributed by atoms with Crippen molar-refractivity contribution in [3.8, 4) is 0 Å². The van der Waals surface area contributed by atoms with Gasteiger partial charge in [-0.15, -0.1) is 0 Å². The van der Waals surface area contributed by atoms with E-state index >= 15 is 0 Å². The van der Waals surface area contributed by atoms with Crippen molar-refractivity contribution in [1.82, 2.24) is 19.4 Å². The third kappa shape index (κ3) is 3.15. The number of hydrogen-bond donors (Lipinski definition) is 0. The van der Waals surface area contributed by atoms with Gasteiger partial charge in [-0.3, -0.25) is 0 Å². The molecule has 0 spiro atoms. The van der Waals surface area contributed by atoms with Gasteiger partial charge in [-0.05, 0) is 56.7 Å². The number of hydrogen-bond acceptors (Lipinski definition) is 3. The van der Waals surface area contributed by atoms with Crippen LogP contribution < -0.4 is 0 Å². The Labute approximate surface area is 159 Å². The summed E-state index contributed by atoms with van der Waals surface area (Å²) in [6.07, 6.45) is 8.09. The smallest absolute Gasteiger partial charge is 0.125 e. The standard InChI is InChI=1S/C21H23ClN4/c1-14(16-11-23-15(2)24-12-16)13-26-20-5-4-17(22)10-19(20)18-6-8-25(3)9-7-21(18)26/h4-5,10-13H,6-9H2,1-3H3. The van der Waals surface area contributed by atoms with Gasteiger partial charge >= 0.3 is 0 Å². The molecule has 0 atom stereocenters. The zero-order valence-electron chi connectivity index (χ0n) is 15.5. The molecule has 0 bridgehead atoms. The molecule has 134 valence electrons. The highest BCUT2D eigenvalue weighted by Crippen LogP contribution is 2.32. The second-order valence-electron chi connectivity index (χ2n) is 7.09. The van der Waals surface area contributed by atoms with Crippen molar-refractivity contribution < 1.29 is 0 Å². The van der Waals surface area contributed by atoms with Crippen LogP contribution in [0.3, 0.4) is 0 Å². The van der Waals surface area contributed by atoms with Gasteiger partial charge in [0.2, 0.25) is 0 Å². The number of allylic oxidation sites excluding steroid dienone is 1. The Hall–Kier alpha value is -2.17. The van der Waals surface area contributed by atoms with Crippen LogP contribution in [-0.2, 0) is 12.8 Å². The van der Waals surface area contributed by atoms with Crippen LogP contribution in [0.1, 0.15) is 29.6 Å².